The number of hydrogen-bond acceptors (Lipinski definition) is 5. The van der Waals surface area contributed by atoms with E-state index in [1.165, 1.54) is 0 Å². The molecule has 0 fully saturated rings. The molecule has 0 aliphatic rings. The van der Waals surface area contributed by atoms with Gasteiger partial charge in [0.2, 0.25) is 5.91 Å². The number of unbranched alkanes of at least 4 members (excludes halogenated alkanes) is 2. The highest BCUT2D eigenvalue weighted by Gasteiger charge is 2.23. The molecule has 142 valence electrons. The van der Waals surface area contributed by atoms with Crippen molar-refractivity contribution in [2.24, 2.45) is 0 Å². The van der Waals surface area contributed by atoms with Gasteiger partial charge < -0.3 is 15.1 Å². The lowest BCUT2D eigenvalue weighted by Gasteiger charge is -2.19. The van der Waals surface area contributed by atoms with E-state index in [2.05, 4.69) is 9.84 Å². The summed E-state index contributed by atoms with van der Waals surface area (Å²) in [4.78, 5) is 29.7. The van der Waals surface area contributed by atoms with Crippen LogP contribution in [-0.4, -0.2) is 42.2 Å². The Kier molecular flexibility index (Phi) is 8.75. The lowest BCUT2D eigenvalue weighted by molar-refractivity contribution is -0.119. The molecular weight excluding hydrogens is 369 g/mol. The lowest BCUT2D eigenvalue weighted by Crippen LogP contribution is -2.36. The van der Waals surface area contributed by atoms with Crippen molar-refractivity contribution in [2.45, 2.75) is 32.2 Å². The van der Waals surface area contributed by atoms with Crippen LogP contribution in [0, 0.1) is 0 Å². The summed E-state index contributed by atoms with van der Waals surface area (Å²) in [6, 6.07) is 7.53. The van der Waals surface area contributed by atoms with Gasteiger partial charge in [0, 0.05) is 0 Å². The first-order valence-corrected chi connectivity index (χ1v) is 11.2. The quantitative estimate of drug-likeness (QED) is 0.384. The Hall–Kier alpha value is -1.25. The zero-order chi connectivity index (χ0) is 18.9. The van der Waals surface area contributed by atoms with Crippen LogP contribution in [0.1, 0.15) is 37.8 Å². The minimum atomic E-state index is -4.71. The minimum absolute atomic E-state index is 0.0662. The van der Waals surface area contributed by atoms with Crippen LogP contribution >= 0.6 is 7.82 Å². The number of phosphoric acid groups is 1. The molecule has 8 nitrogen and oxygen atoms in total. The molecule has 3 N–H and O–H groups in total. The van der Waals surface area contributed by atoms with Gasteiger partial charge >= 0.3 is 7.82 Å². The summed E-state index contributed by atoms with van der Waals surface area (Å²) in [7, 11) is -8.24. The summed E-state index contributed by atoms with van der Waals surface area (Å²) < 4.78 is 39.2. The molecule has 1 amide bonds. The van der Waals surface area contributed by atoms with Crippen molar-refractivity contribution in [3.63, 3.8) is 0 Å². The van der Waals surface area contributed by atoms with Crippen LogP contribution in [0.5, 0.6) is 0 Å². The fraction of sp³-hybridized carbons (Fsp3) is 0.533. The predicted octanol–water partition coefficient (Wildman–Crippen LogP) is 1.56. The van der Waals surface area contributed by atoms with Crippen molar-refractivity contribution in [2.75, 3.05) is 18.1 Å². The second-order valence-corrected chi connectivity index (χ2v) is 9.04. The Labute approximate surface area is 147 Å². The third-order valence-corrected chi connectivity index (χ3v) is 5.45. The van der Waals surface area contributed by atoms with Crippen LogP contribution in [0.2, 0.25) is 0 Å². The van der Waals surface area contributed by atoms with E-state index >= 15 is 0 Å². The first-order valence-electron chi connectivity index (χ1n) is 7.88. The Bertz CT molecular complexity index is 687. The maximum absolute atomic E-state index is 12.1. The number of nitrogens with one attached hydrogen (secondary N) is 1. The van der Waals surface area contributed by atoms with Gasteiger partial charge in [0.15, 0.2) is 9.84 Å². The normalized spacial score (nSPS) is 13.4. The van der Waals surface area contributed by atoms with Gasteiger partial charge in [-0.05, 0) is 12.0 Å². The van der Waals surface area contributed by atoms with Crippen LogP contribution in [-0.2, 0) is 23.7 Å². The molecule has 1 aromatic rings. The molecule has 1 unspecified atom stereocenters. The van der Waals surface area contributed by atoms with Crippen molar-refractivity contribution in [3.05, 3.63) is 35.9 Å². The van der Waals surface area contributed by atoms with Crippen LogP contribution < -0.4 is 5.32 Å². The second kappa shape index (κ2) is 10.0. The summed E-state index contributed by atoms with van der Waals surface area (Å²) in [6.45, 7) is 1.47. The number of carbonyl (C=O) groups is 1. The summed E-state index contributed by atoms with van der Waals surface area (Å²) in [5.41, 5.74) is 0.549. The molecule has 0 aliphatic carbocycles. The number of sulfone groups is 1. The number of carbonyl (C=O) groups excluding carboxylic acids is 1. The standard InChI is InChI=1S/C15H24NO7PS/c1-2-3-7-10-25(21,22)12-15(17)16-14(11-23-24(18,19)20)13-8-5-4-6-9-13/h4-6,8-9,14H,2-3,7,10-12H2,1H3,(H,16,17)(H2,18,19,20). The molecule has 0 saturated heterocycles. The molecule has 1 atom stereocenters. The van der Waals surface area contributed by atoms with Gasteiger partial charge in [0.1, 0.15) is 5.75 Å². The molecule has 0 saturated carbocycles. The van der Waals surface area contributed by atoms with Crippen molar-refractivity contribution in [1.82, 2.24) is 5.32 Å². The number of phosphoric ester groups is 1. The highest BCUT2D eigenvalue weighted by molar-refractivity contribution is 7.92. The maximum atomic E-state index is 12.1. The smallest absolute Gasteiger partial charge is 0.346 e. The molecule has 0 aromatic heterocycles. The predicted molar refractivity (Wildman–Crippen MR) is 93.5 cm³/mol. The van der Waals surface area contributed by atoms with E-state index in [0.29, 0.717) is 12.0 Å². The Morgan fingerprint density at radius 1 is 1.24 bits per heavy atom. The second-order valence-electron chi connectivity index (χ2n) is 5.62. The zero-order valence-electron chi connectivity index (χ0n) is 14.0. The topological polar surface area (TPSA) is 130 Å². The van der Waals surface area contributed by atoms with Gasteiger partial charge in [-0.1, -0.05) is 50.1 Å². The van der Waals surface area contributed by atoms with E-state index in [9.17, 15) is 17.8 Å². The van der Waals surface area contributed by atoms with Crippen LogP contribution in [0.3, 0.4) is 0 Å². The SMILES string of the molecule is CCCCCS(=O)(=O)CC(=O)NC(COP(=O)(O)O)c1ccccc1. The lowest BCUT2D eigenvalue weighted by atomic mass is 10.1. The fourth-order valence-electron chi connectivity index (χ4n) is 2.16. The fourth-order valence-corrected chi connectivity index (χ4v) is 3.77. The van der Waals surface area contributed by atoms with E-state index in [4.69, 9.17) is 9.79 Å². The molecule has 1 aromatic carbocycles. The summed E-state index contributed by atoms with van der Waals surface area (Å²) >= 11 is 0. The number of rotatable bonds is 11. The highest BCUT2D eigenvalue weighted by atomic mass is 32.2. The van der Waals surface area contributed by atoms with Gasteiger partial charge in [-0.2, -0.15) is 0 Å². The summed E-state index contributed by atoms with van der Waals surface area (Å²) in [6.07, 6.45) is 2.14. The summed E-state index contributed by atoms with van der Waals surface area (Å²) in [5, 5.41) is 2.47. The molecule has 0 aliphatic heterocycles. The molecule has 0 heterocycles. The van der Waals surface area contributed by atoms with Crippen LogP contribution in [0.15, 0.2) is 30.3 Å². The van der Waals surface area contributed by atoms with Gasteiger partial charge in [0.05, 0.1) is 18.4 Å². The Morgan fingerprint density at radius 3 is 2.44 bits per heavy atom. The third-order valence-electron chi connectivity index (χ3n) is 3.36. The summed E-state index contributed by atoms with van der Waals surface area (Å²) in [5.74, 6) is -1.47. The van der Waals surface area contributed by atoms with Crippen LogP contribution in [0.25, 0.3) is 0 Å². The van der Waals surface area contributed by atoms with Crippen molar-refractivity contribution >= 4 is 23.6 Å². The molecule has 1 rings (SSSR count). The van der Waals surface area contributed by atoms with Gasteiger partial charge in [-0.15, -0.1) is 0 Å². The van der Waals surface area contributed by atoms with Gasteiger partial charge in [0.25, 0.3) is 0 Å². The highest BCUT2D eigenvalue weighted by Crippen LogP contribution is 2.37. The molecule has 0 spiro atoms. The van der Waals surface area contributed by atoms with Crippen molar-refractivity contribution < 1.29 is 32.1 Å². The van der Waals surface area contributed by atoms with Crippen molar-refractivity contribution in [1.29, 1.82) is 0 Å². The number of amides is 1. The molecule has 10 heteroatoms. The zero-order valence-corrected chi connectivity index (χ0v) is 15.7. The van der Waals surface area contributed by atoms with Gasteiger partial charge in [-0.3, -0.25) is 9.32 Å². The first kappa shape index (κ1) is 21.8. The monoisotopic (exact) mass is 393 g/mol. The Balaban J connectivity index is 2.73. The largest absolute Gasteiger partial charge is 0.469 e. The molecular formula is C15H24NO7PS. The minimum Gasteiger partial charge on any atom is -0.346 e. The Morgan fingerprint density at radius 2 is 1.88 bits per heavy atom. The maximum Gasteiger partial charge on any atom is 0.469 e. The van der Waals surface area contributed by atoms with E-state index < -0.39 is 42.0 Å². The van der Waals surface area contributed by atoms with Crippen molar-refractivity contribution in [3.8, 4) is 0 Å². The average Bonchev–Trinajstić information content (AvgIpc) is 2.51. The third kappa shape index (κ3) is 9.72. The van der Waals surface area contributed by atoms with E-state index in [0.717, 1.165) is 12.8 Å². The molecule has 0 bridgehead atoms. The first-order chi connectivity index (χ1) is 11.6. The van der Waals surface area contributed by atoms with Crippen LogP contribution in [0.4, 0.5) is 0 Å². The van der Waals surface area contributed by atoms with E-state index in [1.54, 1.807) is 30.3 Å². The number of benzene rings is 1. The molecule has 25 heavy (non-hydrogen) atoms. The number of hydrogen-bond donors (Lipinski definition) is 3. The van der Waals surface area contributed by atoms with E-state index in [1.807, 2.05) is 6.92 Å². The van der Waals surface area contributed by atoms with Gasteiger partial charge in [-0.25, -0.2) is 13.0 Å². The van der Waals surface area contributed by atoms with E-state index in [-0.39, 0.29) is 5.75 Å². The average molecular weight is 393 g/mol. The molecule has 0 radical (unpaired) electrons.